The summed E-state index contributed by atoms with van der Waals surface area (Å²) in [5.41, 5.74) is 0. The molecule has 15 heavy (non-hydrogen) atoms. The summed E-state index contributed by atoms with van der Waals surface area (Å²) in [4.78, 5) is 18.5. The summed E-state index contributed by atoms with van der Waals surface area (Å²) >= 11 is 0. The van der Waals surface area contributed by atoms with Gasteiger partial charge in [-0.25, -0.2) is 4.79 Å². The number of hydrogen-bond donors (Lipinski definition) is 0. The molecule has 1 atom stereocenters. The zero-order chi connectivity index (χ0) is 10.8. The van der Waals surface area contributed by atoms with Gasteiger partial charge in [0.2, 0.25) is 0 Å². The molecular weight excluding hydrogens is 190 g/mol. The fourth-order valence-corrected chi connectivity index (χ4v) is 2.58. The van der Waals surface area contributed by atoms with Crippen molar-refractivity contribution in [2.45, 2.75) is 26.3 Å². The van der Waals surface area contributed by atoms with Crippen molar-refractivity contribution in [2.24, 2.45) is 0 Å². The lowest BCUT2D eigenvalue weighted by Crippen LogP contribution is -2.62. The summed E-state index contributed by atoms with van der Waals surface area (Å²) in [7, 11) is 0. The molecular formula is C11H21N3O. The van der Waals surface area contributed by atoms with E-state index in [-0.39, 0.29) is 6.03 Å². The largest absolute Gasteiger partial charge is 0.325 e. The van der Waals surface area contributed by atoms with Crippen LogP contribution in [0.25, 0.3) is 0 Å². The van der Waals surface area contributed by atoms with Crippen LogP contribution in [0, 0.1) is 0 Å². The predicted molar refractivity (Wildman–Crippen MR) is 59.9 cm³/mol. The number of piperazine rings is 1. The highest BCUT2D eigenvalue weighted by Gasteiger charge is 2.35. The minimum Gasteiger partial charge on any atom is -0.325 e. The Hall–Kier alpha value is -0.770. The van der Waals surface area contributed by atoms with E-state index >= 15 is 0 Å². The molecule has 4 nitrogen and oxygen atoms in total. The fourth-order valence-electron chi connectivity index (χ4n) is 2.58. The van der Waals surface area contributed by atoms with Gasteiger partial charge in [-0.3, -0.25) is 4.90 Å². The molecule has 86 valence electrons. The molecule has 2 rings (SSSR count). The van der Waals surface area contributed by atoms with Crippen LogP contribution in [-0.2, 0) is 0 Å². The van der Waals surface area contributed by atoms with Gasteiger partial charge in [0, 0.05) is 38.8 Å². The third kappa shape index (κ3) is 1.95. The molecule has 2 saturated heterocycles. The highest BCUT2D eigenvalue weighted by atomic mass is 16.2. The zero-order valence-electron chi connectivity index (χ0n) is 9.78. The third-order valence-corrected chi connectivity index (χ3v) is 3.64. The lowest BCUT2D eigenvalue weighted by Gasteiger charge is -2.46. The van der Waals surface area contributed by atoms with E-state index in [1.165, 1.54) is 0 Å². The van der Waals surface area contributed by atoms with Crippen molar-refractivity contribution < 1.29 is 4.79 Å². The Labute approximate surface area is 91.8 Å². The van der Waals surface area contributed by atoms with E-state index in [0.717, 1.165) is 45.7 Å². The molecule has 0 N–H and O–H groups in total. The molecule has 0 aliphatic carbocycles. The van der Waals surface area contributed by atoms with Crippen molar-refractivity contribution in [3.63, 3.8) is 0 Å². The summed E-state index contributed by atoms with van der Waals surface area (Å²) in [6.07, 6.45) is 1.14. The first-order chi connectivity index (χ1) is 7.26. The first kappa shape index (κ1) is 10.7. The number of rotatable bonds is 2. The van der Waals surface area contributed by atoms with Crippen molar-refractivity contribution in [3.05, 3.63) is 0 Å². The first-order valence-electron chi connectivity index (χ1n) is 6.04. The first-order valence-corrected chi connectivity index (χ1v) is 6.04. The predicted octanol–water partition coefficient (Wildman–Crippen LogP) is 0.838. The second-order valence-electron chi connectivity index (χ2n) is 4.39. The summed E-state index contributed by atoms with van der Waals surface area (Å²) in [6.45, 7) is 10.2. The number of carbonyl (C=O) groups excluding carboxylic acids is 1. The maximum Gasteiger partial charge on any atom is 0.320 e. The highest BCUT2D eigenvalue weighted by molar-refractivity contribution is 5.75. The molecule has 0 aromatic rings. The molecule has 0 aromatic carbocycles. The maximum atomic E-state index is 12.0. The third-order valence-electron chi connectivity index (χ3n) is 3.64. The van der Waals surface area contributed by atoms with Gasteiger partial charge < -0.3 is 9.80 Å². The van der Waals surface area contributed by atoms with E-state index in [4.69, 9.17) is 0 Å². The lowest BCUT2D eigenvalue weighted by molar-refractivity contribution is 0.0475. The Morgan fingerprint density at radius 3 is 2.67 bits per heavy atom. The van der Waals surface area contributed by atoms with Gasteiger partial charge in [0.1, 0.15) is 0 Å². The number of nitrogens with zero attached hydrogens (tertiary/aromatic N) is 3. The van der Waals surface area contributed by atoms with Crippen molar-refractivity contribution in [1.82, 2.24) is 14.7 Å². The molecule has 0 spiro atoms. The quantitative estimate of drug-likeness (QED) is 0.676. The second-order valence-corrected chi connectivity index (χ2v) is 4.39. The molecule has 4 heteroatoms. The number of carbonyl (C=O) groups is 1. The molecule has 2 heterocycles. The summed E-state index contributed by atoms with van der Waals surface area (Å²) in [5, 5.41) is 0. The molecule has 1 unspecified atom stereocenters. The van der Waals surface area contributed by atoms with Gasteiger partial charge in [-0.05, 0) is 19.9 Å². The van der Waals surface area contributed by atoms with E-state index in [2.05, 4.69) is 23.6 Å². The van der Waals surface area contributed by atoms with E-state index in [9.17, 15) is 4.79 Å². The van der Waals surface area contributed by atoms with Crippen molar-refractivity contribution in [2.75, 3.05) is 39.3 Å². The summed E-state index contributed by atoms with van der Waals surface area (Å²) < 4.78 is 0. The Bertz CT molecular complexity index is 244. The lowest BCUT2D eigenvalue weighted by atomic mass is 10.1. The molecule has 0 bridgehead atoms. The van der Waals surface area contributed by atoms with Gasteiger partial charge in [-0.15, -0.1) is 0 Å². The van der Waals surface area contributed by atoms with Gasteiger partial charge in [0.15, 0.2) is 0 Å². The van der Waals surface area contributed by atoms with Crippen LogP contribution < -0.4 is 0 Å². The van der Waals surface area contributed by atoms with E-state index in [1.54, 1.807) is 0 Å². The van der Waals surface area contributed by atoms with E-state index < -0.39 is 0 Å². The monoisotopic (exact) mass is 211 g/mol. The number of amides is 2. The van der Waals surface area contributed by atoms with E-state index in [0.29, 0.717) is 6.04 Å². The number of urea groups is 1. The van der Waals surface area contributed by atoms with Crippen molar-refractivity contribution in [1.29, 1.82) is 0 Å². The number of likely N-dealkylation sites (N-methyl/N-ethyl adjacent to an activating group) is 1. The molecule has 2 fully saturated rings. The molecule has 2 amide bonds. The Morgan fingerprint density at radius 1 is 1.20 bits per heavy atom. The standard InChI is InChI=1S/C11H21N3O/c1-3-12-7-8-14-10(9-12)5-6-13(4-2)11(14)15/h10H,3-9H2,1-2H3. The minimum atomic E-state index is 0.254. The Morgan fingerprint density at radius 2 is 2.00 bits per heavy atom. The molecule has 0 radical (unpaired) electrons. The highest BCUT2D eigenvalue weighted by Crippen LogP contribution is 2.20. The molecule has 0 aromatic heterocycles. The van der Waals surface area contributed by atoms with Crippen molar-refractivity contribution in [3.8, 4) is 0 Å². The Balaban J connectivity index is 2.00. The van der Waals surface area contributed by atoms with Gasteiger partial charge in [0.25, 0.3) is 0 Å². The van der Waals surface area contributed by atoms with Gasteiger partial charge in [-0.1, -0.05) is 6.92 Å². The number of fused-ring (bicyclic) bond motifs is 1. The molecule has 2 aliphatic rings. The van der Waals surface area contributed by atoms with Crippen LogP contribution in [0.4, 0.5) is 4.79 Å². The Kier molecular flexibility index (Phi) is 3.14. The normalized spacial score (nSPS) is 28.1. The maximum absolute atomic E-state index is 12.0. The molecule has 2 aliphatic heterocycles. The number of hydrogen-bond acceptors (Lipinski definition) is 2. The second kappa shape index (κ2) is 4.39. The smallest absolute Gasteiger partial charge is 0.320 e. The minimum absolute atomic E-state index is 0.254. The van der Waals surface area contributed by atoms with Crippen molar-refractivity contribution >= 4 is 6.03 Å². The van der Waals surface area contributed by atoms with Crippen LogP contribution in [0.1, 0.15) is 20.3 Å². The van der Waals surface area contributed by atoms with Crippen LogP contribution in [0.15, 0.2) is 0 Å². The van der Waals surface area contributed by atoms with E-state index in [1.807, 2.05) is 4.90 Å². The molecule has 0 saturated carbocycles. The van der Waals surface area contributed by atoms with Gasteiger partial charge >= 0.3 is 6.03 Å². The van der Waals surface area contributed by atoms with Crippen LogP contribution in [0.5, 0.6) is 0 Å². The average molecular weight is 211 g/mol. The topological polar surface area (TPSA) is 26.8 Å². The SMILES string of the molecule is CCN1CCN2C(=O)N(CC)CCC2C1. The average Bonchev–Trinajstić information content (AvgIpc) is 2.29. The van der Waals surface area contributed by atoms with Crippen LogP contribution in [0.2, 0.25) is 0 Å². The summed E-state index contributed by atoms with van der Waals surface area (Å²) in [5.74, 6) is 0. The van der Waals surface area contributed by atoms with Gasteiger partial charge in [-0.2, -0.15) is 0 Å². The van der Waals surface area contributed by atoms with Crippen LogP contribution in [0.3, 0.4) is 0 Å². The van der Waals surface area contributed by atoms with Crippen LogP contribution >= 0.6 is 0 Å². The zero-order valence-corrected chi connectivity index (χ0v) is 9.78. The summed E-state index contributed by atoms with van der Waals surface area (Å²) in [6, 6.07) is 0.721. The fraction of sp³-hybridized carbons (Fsp3) is 0.909. The van der Waals surface area contributed by atoms with Gasteiger partial charge in [0.05, 0.1) is 0 Å². The van der Waals surface area contributed by atoms with Crippen LogP contribution in [-0.4, -0.2) is 66.0 Å².